The zero-order valence-electron chi connectivity index (χ0n) is 24.3. The second-order valence-corrected chi connectivity index (χ2v) is 12.8. The summed E-state index contributed by atoms with van der Waals surface area (Å²) in [5, 5.41) is 9.87. The molecule has 2 N–H and O–H groups in total. The van der Waals surface area contributed by atoms with Crippen LogP contribution in [0.15, 0.2) is 12.3 Å². The molecule has 0 radical (unpaired) electrons. The Balaban J connectivity index is 1.31. The largest absolute Gasteiger partial charge is 0.461 e. The highest BCUT2D eigenvalue weighted by Crippen LogP contribution is 2.45. The standard InChI is InChI=1S/C30H30F6N8O/c1-14-21-22(19(30(34,35)36)9-37-26(21)42-41-14)23-20(32)7-18-25(24(23)33)39-28(40-27(18)43-11-16-3-4-17(12-43)38-16)45-13-29-5-2-6-44(29)10-15(31)8-29/h7,9,15-17,38H,2-6,8,10-13H2,1H3,(H,37,41,42)/t15-,16-,17+,29+/m1/s1. The number of ether oxygens (including phenoxy) is 1. The third kappa shape index (κ3) is 4.60. The maximum Gasteiger partial charge on any atom is 0.418 e. The van der Waals surface area contributed by atoms with Crippen LogP contribution in [0.25, 0.3) is 33.1 Å². The molecule has 15 heteroatoms. The van der Waals surface area contributed by atoms with Crippen LogP contribution in [-0.2, 0) is 6.18 Å². The summed E-state index contributed by atoms with van der Waals surface area (Å²) >= 11 is 0. The fourth-order valence-electron chi connectivity index (χ4n) is 7.92. The smallest absolute Gasteiger partial charge is 0.418 e. The van der Waals surface area contributed by atoms with E-state index in [-0.39, 0.29) is 58.1 Å². The average Bonchev–Trinajstić information content (AvgIpc) is 3.73. The first kappa shape index (κ1) is 28.7. The van der Waals surface area contributed by atoms with Crippen LogP contribution in [0.3, 0.4) is 0 Å². The van der Waals surface area contributed by atoms with E-state index in [1.165, 1.54) is 6.92 Å². The average molecular weight is 633 g/mol. The predicted octanol–water partition coefficient (Wildman–Crippen LogP) is 5.07. The van der Waals surface area contributed by atoms with Crippen LogP contribution >= 0.6 is 0 Å². The van der Waals surface area contributed by atoms with Crippen molar-refractivity contribution in [2.45, 2.75) is 69.0 Å². The summed E-state index contributed by atoms with van der Waals surface area (Å²) < 4.78 is 96.3. The number of nitrogens with zero attached hydrogens (tertiary/aromatic N) is 6. The van der Waals surface area contributed by atoms with Crippen molar-refractivity contribution in [1.29, 1.82) is 0 Å². The fraction of sp³-hybridized carbons (Fsp3) is 0.533. The molecule has 238 valence electrons. The van der Waals surface area contributed by atoms with E-state index in [1.807, 2.05) is 4.90 Å². The van der Waals surface area contributed by atoms with Crippen molar-refractivity contribution >= 4 is 27.8 Å². The summed E-state index contributed by atoms with van der Waals surface area (Å²) in [5.41, 5.74) is -3.75. The number of pyridine rings is 1. The lowest BCUT2D eigenvalue weighted by atomic mass is 9.94. The first-order chi connectivity index (χ1) is 21.5. The molecule has 9 nitrogen and oxygen atoms in total. The zero-order valence-corrected chi connectivity index (χ0v) is 24.3. The lowest BCUT2D eigenvalue weighted by Gasteiger charge is -2.34. The highest BCUT2D eigenvalue weighted by molar-refractivity contribution is 6.01. The second kappa shape index (κ2) is 10.1. The Labute approximate surface area is 253 Å². The second-order valence-electron chi connectivity index (χ2n) is 12.8. The molecule has 0 amide bonds. The molecule has 4 aliphatic rings. The van der Waals surface area contributed by atoms with E-state index >= 15 is 8.78 Å². The summed E-state index contributed by atoms with van der Waals surface area (Å²) in [6.45, 7) is 3.61. The topological polar surface area (TPSA) is 95.1 Å². The minimum atomic E-state index is -4.97. The molecular weight excluding hydrogens is 602 g/mol. The predicted molar refractivity (Wildman–Crippen MR) is 153 cm³/mol. The van der Waals surface area contributed by atoms with Gasteiger partial charge in [-0.05, 0) is 45.2 Å². The number of aromatic nitrogens is 5. The molecule has 0 unspecified atom stereocenters. The summed E-state index contributed by atoms with van der Waals surface area (Å²) in [5.74, 6) is -2.24. The molecule has 4 aromatic rings. The van der Waals surface area contributed by atoms with E-state index < -0.39 is 46.2 Å². The van der Waals surface area contributed by atoms with Gasteiger partial charge in [0.05, 0.1) is 22.1 Å². The number of fused-ring (bicyclic) bond motifs is 5. The first-order valence-corrected chi connectivity index (χ1v) is 15.1. The molecule has 8 rings (SSSR count). The van der Waals surface area contributed by atoms with Crippen molar-refractivity contribution in [1.82, 2.24) is 35.4 Å². The van der Waals surface area contributed by atoms with Gasteiger partial charge in [-0.25, -0.2) is 18.2 Å². The van der Waals surface area contributed by atoms with E-state index in [0.717, 1.165) is 38.3 Å². The molecule has 4 atom stereocenters. The van der Waals surface area contributed by atoms with Crippen LogP contribution in [0.4, 0.5) is 32.2 Å². The number of aromatic amines is 1. The van der Waals surface area contributed by atoms with Crippen molar-refractivity contribution in [3.05, 3.63) is 35.2 Å². The van der Waals surface area contributed by atoms with E-state index in [4.69, 9.17) is 4.74 Å². The summed E-state index contributed by atoms with van der Waals surface area (Å²) in [7, 11) is 0. The van der Waals surface area contributed by atoms with Gasteiger partial charge in [0.15, 0.2) is 11.5 Å². The quantitative estimate of drug-likeness (QED) is 0.295. The number of hydrogen-bond acceptors (Lipinski definition) is 8. The Kier molecular flexibility index (Phi) is 6.48. The van der Waals surface area contributed by atoms with Gasteiger partial charge < -0.3 is 15.0 Å². The lowest BCUT2D eigenvalue weighted by Crippen LogP contribution is -2.51. The normalized spacial score (nSPS) is 26.8. The van der Waals surface area contributed by atoms with E-state index in [0.29, 0.717) is 32.3 Å². The van der Waals surface area contributed by atoms with Gasteiger partial charge in [-0.15, -0.1) is 0 Å². The van der Waals surface area contributed by atoms with Gasteiger partial charge >= 0.3 is 12.2 Å². The van der Waals surface area contributed by atoms with Crippen molar-refractivity contribution < 1.29 is 31.1 Å². The maximum atomic E-state index is 16.8. The number of halogens is 6. The Morgan fingerprint density at radius 3 is 2.62 bits per heavy atom. The summed E-state index contributed by atoms with van der Waals surface area (Å²) in [6, 6.07) is 1.11. The highest BCUT2D eigenvalue weighted by atomic mass is 19.4. The first-order valence-electron chi connectivity index (χ1n) is 15.1. The molecule has 4 aliphatic heterocycles. The van der Waals surface area contributed by atoms with Crippen LogP contribution in [0, 0.1) is 18.6 Å². The number of anilines is 1. The Morgan fingerprint density at radius 2 is 1.87 bits per heavy atom. The summed E-state index contributed by atoms with van der Waals surface area (Å²) in [6.07, 6.45) is -1.66. The molecule has 1 aromatic carbocycles. The summed E-state index contributed by atoms with van der Waals surface area (Å²) in [4.78, 5) is 16.7. The Bertz CT molecular complexity index is 1820. The fourth-order valence-corrected chi connectivity index (χ4v) is 7.92. The number of benzene rings is 1. The van der Waals surface area contributed by atoms with Gasteiger partial charge in [-0.2, -0.15) is 28.2 Å². The van der Waals surface area contributed by atoms with E-state index in [9.17, 15) is 17.6 Å². The molecule has 0 aliphatic carbocycles. The third-order valence-corrected chi connectivity index (χ3v) is 9.91. The van der Waals surface area contributed by atoms with Crippen molar-refractivity contribution in [3.8, 4) is 17.1 Å². The third-order valence-electron chi connectivity index (χ3n) is 9.91. The van der Waals surface area contributed by atoms with Crippen molar-refractivity contribution in [2.24, 2.45) is 0 Å². The molecule has 4 saturated heterocycles. The number of piperazine rings is 1. The number of H-pyrrole nitrogens is 1. The van der Waals surface area contributed by atoms with Gasteiger partial charge in [0.2, 0.25) is 0 Å². The number of hydrogen-bond donors (Lipinski definition) is 2. The monoisotopic (exact) mass is 632 g/mol. The maximum absolute atomic E-state index is 16.8. The van der Waals surface area contributed by atoms with Gasteiger partial charge in [0.25, 0.3) is 0 Å². The Hall–Kier alpha value is -3.72. The molecule has 0 saturated carbocycles. The molecule has 0 spiro atoms. The van der Waals surface area contributed by atoms with Gasteiger partial charge in [0.1, 0.15) is 29.9 Å². The lowest BCUT2D eigenvalue weighted by molar-refractivity contribution is -0.137. The number of alkyl halides is 4. The molecule has 45 heavy (non-hydrogen) atoms. The van der Waals surface area contributed by atoms with Gasteiger partial charge in [-0.3, -0.25) is 10.00 Å². The van der Waals surface area contributed by atoms with Gasteiger partial charge in [-0.1, -0.05) is 0 Å². The molecule has 2 bridgehead atoms. The van der Waals surface area contributed by atoms with E-state index in [2.05, 4.69) is 35.4 Å². The van der Waals surface area contributed by atoms with Crippen LogP contribution in [0.1, 0.15) is 43.4 Å². The van der Waals surface area contributed by atoms with Crippen molar-refractivity contribution in [3.63, 3.8) is 0 Å². The number of rotatable bonds is 5. The zero-order chi connectivity index (χ0) is 31.2. The molecule has 3 aromatic heterocycles. The Morgan fingerprint density at radius 1 is 1.09 bits per heavy atom. The van der Waals surface area contributed by atoms with Crippen LogP contribution < -0.4 is 15.0 Å². The SMILES string of the molecule is Cc1[nH]nc2ncc(C(F)(F)F)c(-c3c(F)cc4c(N5C[C@H]6CC[C@@H](C5)N6)nc(OC[C@@]56CCCN5C[C@H](F)C6)nc4c3F)c12. The number of nitrogens with one attached hydrogen (secondary N) is 2. The minimum Gasteiger partial charge on any atom is -0.461 e. The highest BCUT2D eigenvalue weighted by Gasteiger charge is 2.49. The van der Waals surface area contributed by atoms with Crippen LogP contribution in [-0.4, -0.2) is 86.6 Å². The van der Waals surface area contributed by atoms with Crippen LogP contribution in [0.5, 0.6) is 6.01 Å². The minimum absolute atomic E-state index is 0.0236. The van der Waals surface area contributed by atoms with E-state index in [1.54, 1.807) is 0 Å². The number of aryl methyl sites for hydroxylation is 1. The van der Waals surface area contributed by atoms with Crippen LogP contribution in [0.2, 0.25) is 0 Å². The molecular formula is C30H30F6N8O. The molecule has 4 fully saturated rings. The molecule has 7 heterocycles. The van der Waals surface area contributed by atoms with Crippen molar-refractivity contribution in [2.75, 3.05) is 37.7 Å². The van der Waals surface area contributed by atoms with Gasteiger partial charge in [0, 0.05) is 61.0 Å².